The highest BCUT2D eigenvalue weighted by Crippen LogP contribution is 2.28. The molecule has 1 amide bonds. The number of amides is 1. The van der Waals surface area contributed by atoms with Gasteiger partial charge in [0.15, 0.2) is 0 Å². The van der Waals surface area contributed by atoms with E-state index in [9.17, 15) is 4.79 Å². The highest BCUT2D eigenvalue weighted by Gasteiger charge is 2.23. The number of rotatable bonds is 4. The molecule has 20 heavy (non-hydrogen) atoms. The van der Waals surface area contributed by atoms with Crippen LogP contribution in [0.2, 0.25) is 0 Å². The van der Waals surface area contributed by atoms with E-state index in [0.717, 1.165) is 46.4 Å². The van der Waals surface area contributed by atoms with Crippen LogP contribution in [0.25, 0.3) is 0 Å². The van der Waals surface area contributed by atoms with Crippen molar-refractivity contribution in [2.45, 2.75) is 23.4 Å². The van der Waals surface area contributed by atoms with E-state index in [1.807, 2.05) is 36.1 Å². The van der Waals surface area contributed by atoms with Gasteiger partial charge in [-0.3, -0.25) is 4.79 Å². The van der Waals surface area contributed by atoms with Crippen molar-refractivity contribution in [3.05, 3.63) is 46.5 Å². The molecule has 0 aliphatic carbocycles. The van der Waals surface area contributed by atoms with Gasteiger partial charge in [0, 0.05) is 35.5 Å². The maximum absolute atomic E-state index is 12.4. The molecule has 1 aliphatic heterocycles. The maximum Gasteiger partial charge on any atom is 0.254 e. The van der Waals surface area contributed by atoms with Crippen molar-refractivity contribution in [1.82, 2.24) is 9.88 Å². The van der Waals surface area contributed by atoms with E-state index < -0.39 is 0 Å². The topological polar surface area (TPSA) is 33.2 Å². The Morgan fingerprint density at radius 1 is 1.40 bits per heavy atom. The number of aromatic nitrogens is 1. The number of thiazole rings is 1. The second-order valence-corrected chi connectivity index (χ2v) is 6.93. The van der Waals surface area contributed by atoms with Gasteiger partial charge in [0.2, 0.25) is 0 Å². The first-order valence-electron chi connectivity index (χ1n) is 6.66. The Labute approximate surface area is 127 Å². The van der Waals surface area contributed by atoms with Gasteiger partial charge in [0.25, 0.3) is 5.91 Å². The minimum absolute atomic E-state index is 0.169. The molecule has 2 heterocycles. The fraction of sp³-hybridized carbons (Fsp3) is 0.333. The number of hydrogen-bond donors (Lipinski definition) is 0. The molecule has 1 aromatic carbocycles. The van der Waals surface area contributed by atoms with Crippen LogP contribution >= 0.6 is 23.1 Å². The average Bonchev–Trinajstić information content (AvgIpc) is 2.80. The van der Waals surface area contributed by atoms with E-state index in [1.165, 1.54) is 0 Å². The van der Waals surface area contributed by atoms with E-state index in [-0.39, 0.29) is 5.91 Å². The van der Waals surface area contributed by atoms with Gasteiger partial charge in [0.05, 0.1) is 0 Å². The molecule has 5 heteroatoms. The van der Waals surface area contributed by atoms with Gasteiger partial charge in [0.1, 0.15) is 4.34 Å². The van der Waals surface area contributed by atoms with Crippen LogP contribution in [0.15, 0.2) is 34.0 Å². The Morgan fingerprint density at radius 3 is 2.85 bits per heavy atom. The lowest BCUT2D eigenvalue weighted by molar-refractivity contribution is 0.0651. The van der Waals surface area contributed by atoms with Gasteiger partial charge < -0.3 is 4.90 Å². The predicted molar refractivity (Wildman–Crippen MR) is 83.4 cm³/mol. The minimum atomic E-state index is 0.169. The number of hydrogen-bond acceptors (Lipinski definition) is 4. The number of aryl methyl sites for hydroxylation is 1. The Kier molecular flexibility index (Phi) is 4.08. The fourth-order valence-corrected chi connectivity index (χ4v) is 3.94. The largest absolute Gasteiger partial charge is 0.339 e. The lowest BCUT2D eigenvalue weighted by Gasteiger charge is -2.31. The van der Waals surface area contributed by atoms with Gasteiger partial charge in [-0.25, -0.2) is 4.98 Å². The smallest absolute Gasteiger partial charge is 0.254 e. The molecule has 1 fully saturated rings. The second-order valence-electron chi connectivity index (χ2n) is 4.85. The molecule has 0 saturated carbocycles. The molecular weight excluding hydrogens is 288 g/mol. The first-order valence-corrected chi connectivity index (χ1v) is 8.52. The van der Waals surface area contributed by atoms with Gasteiger partial charge >= 0.3 is 0 Å². The summed E-state index contributed by atoms with van der Waals surface area (Å²) in [4.78, 5) is 18.7. The van der Waals surface area contributed by atoms with Gasteiger partial charge in [-0.1, -0.05) is 30.0 Å². The SMILES string of the molecule is Cc1csc(SCc2ccccc2C(=O)N2CCC2)n1. The van der Waals surface area contributed by atoms with E-state index in [0.29, 0.717) is 0 Å². The molecule has 0 unspecified atom stereocenters. The molecule has 1 saturated heterocycles. The molecule has 0 radical (unpaired) electrons. The van der Waals surface area contributed by atoms with Gasteiger partial charge in [-0.05, 0) is 25.0 Å². The van der Waals surface area contributed by atoms with E-state index in [4.69, 9.17) is 0 Å². The highest BCUT2D eigenvalue weighted by atomic mass is 32.2. The number of benzene rings is 1. The molecule has 1 aliphatic rings. The van der Waals surface area contributed by atoms with E-state index in [1.54, 1.807) is 23.1 Å². The molecule has 0 N–H and O–H groups in total. The number of carbonyl (C=O) groups excluding carboxylic acids is 1. The fourth-order valence-electron chi connectivity index (χ4n) is 2.08. The Balaban J connectivity index is 1.73. The molecule has 104 valence electrons. The first kappa shape index (κ1) is 13.6. The van der Waals surface area contributed by atoms with Gasteiger partial charge in [-0.15, -0.1) is 11.3 Å². The Morgan fingerprint density at radius 2 is 2.20 bits per heavy atom. The van der Waals surface area contributed by atoms with E-state index >= 15 is 0 Å². The van der Waals surface area contributed by atoms with Crippen molar-refractivity contribution in [3.8, 4) is 0 Å². The number of carbonyl (C=O) groups is 1. The van der Waals surface area contributed by atoms with Crippen molar-refractivity contribution in [1.29, 1.82) is 0 Å². The number of nitrogens with zero attached hydrogens (tertiary/aromatic N) is 2. The lowest BCUT2D eigenvalue weighted by Crippen LogP contribution is -2.42. The first-order chi connectivity index (χ1) is 9.74. The summed E-state index contributed by atoms with van der Waals surface area (Å²) < 4.78 is 1.06. The van der Waals surface area contributed by atoms with Crippen LogP contribution in [-0.4, -0.2) is 28.9 Å². The summed E-state index contributed by atoms with van der Waals surface area (Å²) in [7, 11) is 0. The molecular formula is C15H16N2OS2. The summed E-state index contributed by atoms with van der Waals surface area (Å²) >= 11 is 3.36. The summed E-state index contributed by atoms with van der Waals surface area (Å²) in [5, 5.41) is 2.06. The summed E-state index contributed by atoms with van der Waals surface area (Å²) in [5.74, 6) is 0.964. The van der Waals surface area contributed by atoms with Crippen molar-refractivity contribution in [2.75, 3.05) is 13.1 Å². The number of thioether (sulfide) groups is 1. The summed E-state index contributed by atoms with van der Waals surface area (Å²) in [6.45, 7) is 3.79. The van der Waals surface area contributed by atoms with Crippen molar-refractivity contribution < 1.29 is 4.79 Å². The zero-order valence-electron chi connectivity index (χ0n) is 11.3. The third-order valence-electron chi connectivity index (χ3n) is 3.34. The van der Waals surface area contributed by atoms with Crippen LogP contribution in [0.1, 0.15) is 28.0 Å². The second kappa shape index (κ2) is 5.97. The molecule has 1 aromatic heterocycles. The maximum atomic E-state index is 12.4. The van der Waals surface area contributed by atoms with Crippen molar-refractivity contribution in [2.24, 2.45) is 0 Å². The Hall–Kier alpha value is -1.33. The Bertz CT molecular complexity index is 620. The molecule has 3 rings (SSSR count). The highest BCUT2D eigenvalue weighted by molar-refractivity contribution is 8.00. The van der Waals surface area contributed by atoms with Crippen LogP contribution in [-0.2, 0) is 5.75 Å². The molecule has 3 nitrogen and oxygen atoms in total. The lowest BCUT2D eigenvalue weighted by atomic mass is 10.1. The van der Waals surface area contributed by atoms with Crippen LogP contribution in [0, 0.1) is 6.92 Å². The monoisotopic (exact) mass is 304 g/mol. The third kappa shape index (κ3) is 2.88. The van der Waals surface area contributed by atoms with Crippen LogP contribution in [0.3, 0.4) is 0 Å². The zero-order valence-corrected chi connectivity index (χ0v) is 13.0. The van der Waals surface area contributed by atoms with Crippen LogP contribution in [0.5, 0.6) is 0 Å². The molecule has 2 aromatic rings. The minimum Gasteiger partial charge on any atom is -0.339 e. The molecule has 0 atom stereocenters. The average molecular weight is 304 g/mol. The predicted octanol–water partition coefficient (Wildman–Crippen LogP) is 3.59. The van der Waals surface area contributed by atoms with E-state index in [2.05, 4.69) is 10.4 Å². The van der Waals surface area contributed by atoms with Crippen LogP contribution in [0.4, 0.5) is 0 Å². The summed E-state index contributed by atoms with van der Waals surface area (Å²) in [6, 6.07) is 7.91. The third-order valence-corrected chi connectivity index (χ3v) is 5.53. The van der Waals surface area contributed by atoms with Gasteiger partial charge in [-0.2, -0.15) is 0 Å². The molecule has 0 bridgehead atoms. The quantitative estimate of drug-likeness (QED) is 0.809. The van der Waals surface area contributed by atoms with Crippen molar-refractivity contribution in [3.63, 3.8) is 0 Å². The number of likely N-dealkylation sites (tertiary alicyclic amines) is 1. The van der Waals surface area contributed by atoms with Crippen molar-refractivity contribution >= 4 is 29.0 Å². The van der Waals surface area contributed by atoms with Crippen LogP contribution < -0.4 is 0 Å². The summed E-state index contributed by atoms with van der Waals surface area (Å²) in [5.41, 5.74) is 3.00. The zero-order chi connectivity index (χ0) is 13.9. The standard InChI is InChI=1S/C15H16N2OS2/c1-11-9-19-15(16-11)20-10-12-5-2-3-6-13(12)14(18)17-7-4-8-17/h2-3,5-6,9H,4,7-8,10H2,1H3. The summed E-state index contributed by atoms with van der Waals surface area (Å²) in [6.07, 6.45) is 1.13. The normalized spacial score (nSPS) is 14.2. The molecule has 0 spiro atoms.